The fourth-order valence-corrected chi connectivity index (χ4v) is 1.75. The summed E-state index contributed by atoms with van der Waals surface area (Å²) in [6.07, 6.45) is 0. The predicted molar refractivity (Wildman–Crippen MR) is 74.3 cm³/mol. The van der Waals surface area contributed by atoms with Crippen molar-refractivity contribution in [2.45, 2.75) is 6.61 Å². The Hall–Kier alpha value is -2.14. The van der Waals surface area contributed by atoms with Crippen LogP contribution in [0.4, 0.5) is 5.82 Å². The van der Waals surface area contributed by atoms with Crippen molar-refractivity contribution in [2.75, 3.05) is 26.6 Å². The topological polar surface area (TPSA) is 56.3 Å². The van der Waals surface area contributed by atoms with Gasteiger partial charge in [-0.2, -0.15) is 0 Å². The minimum Gasteiger partial charge on any atom is -0.497 e. The number of hydrogen-bond acceptors (Lipinski definition) is 5. The number of ether oxygens (including phenoxy) is 2. The van der Waals surface area contributed by atoms with Crippen molar-refractivity contribution in [1.82, 2.24) is 9.97 Å². The summed E-state index contributed by atoms with van der Waals surface area (Å²) >= 11 is 0. The van der Waals surface area contributed by atoms with E-state index in [1.807, 2.05) is 37.4 Å². The number of nitrogens with zero attached hydrogens (tertiary/aromatic N) is 2. The van der Waals surface area contributed by atoms with Crippen molar-refractivity contribution in [1.29, 1.82) is 0 Å². The smallest absolute Gasteiger partial charge is 0.157 e. The summed E-state index contributed by atoms with van der Waals surface area (Å²) in [5, 5.41) is 3.03. The summed E-state index contributed by atoms with van der Waals surface area (Å²) < 4.78 is 10.3. The van der Waals surface area contributed by atoms with Crippen LogP contribution in [0, 0.1) is 0 Å². The molecule has 0 saturated heterocycles. The Morgan fingerprint density at radius 2 is 2.00 bits per heavy atom. The molecule has 0 atom stereocenters. The molecule has 0 spiro atoms. The molecular formula is C14H17N3O2. The van der Waals surface area contributed by atoms with E-state index in [0.717, 1.165) is 22.8 Å². The SMILES string of the molecule is CNc1cc(-c2cccc(OC)c2)nc(COC)n1. The lowest BCUT2D eigenvalue weighted by atomic mass is 10.1. The second-order valence-electron chi connectivity index (χ2n) is 3.97. The zero-order valence-corrected chi connectivity index (χ0v) is 11.3. The maximum Gasteiger partial charge on any atom is 0.157 e. The Morgan fingerprint density at radius 1 is 1.16 bits per heavy atom. The van der Waals surface area contributed by atoms with Crippen molar-refractivity contribution in [3.05, 3.63) is 36.2 Å². The van der Waals surface area contributed by atoms with Crippen molar-refractivity contribution >= 4 is 5.82 Å². The van der Waals surface area contributed by atoms with Crippen LogP contribution in [0.15, 0.2) is 30.3 Å². The predicted octanol–water partition coefficient (Wildman–Crippen LogP) is 2.34. The molecule has 1 aromatic heterocycles. The molecule has 100 valence electrons. The molecule has 0 aliphatic rings. The fraction of sp³-hybridized carbons (Fsp3) is 0.286. The van der Waals surface area contributed by atoms with Crippen LogP contribution in [0.3, 0.4) is 0 Å². The van der Waals surface area contributed by atoms with Gasteiger partial charge in [-0.15, -0.1) is 0 Å². The summed E-state index contributed by atoms with van der Waals surface area (Å²) in [5.74, 6) is 2.21. The van der Waals surface area contributed by atoms with Gasteiger partial charge in [-0.25, -0.2) is 9.97 Å². The highest BCUT2D eigenvalue weighted by Crippen LogP contribution is 2.24. The van der Waals surface area contributed by atoms with E-state index in [9.17, 15) is 0 Å². The fourth-order valence-electron chi connectivity index (χ4n) is 1.75. The van der Waals surface area contributed by atoms with Crippen LogP contribution in [0.2, 0.25) is 0 Å². The molecule has 5 heteroatoms. The molecule has 0 aliphatic carbocycles. The van der Waals surface area contributed by atoms with E-state index in [-0.39, 0.29) is 0 Å². The average molecular weight is 259 g/mol. The molecule has 1 heterocycles. The average Bonchev–Trinajstić information content (AvgIpc) is 2.47. The molecule has 2 rings (SSSR count). The van der Waals surface area contributed by atoms with Crippen LogP contribution in [-0.2, 0) is 11.3 Å². The van der Waals surface area contributed by atoms with Crippen LogP contribution in [0.5, 0.6) is 5.75 Å². The number of nitrogens with one attached hydrogen (secondary N) is 1. The highest BCUT2D eigenvalue weighted by atomic mass is 16.5. The zero-order chi connectivity index (χ0) is 13.7. The summed E-state index contributed by atoms with van der Waals surface area (Å²) in [6, 6.07) is 9.66. The van der Waals surface area contributed by atoms with Crippen molar-refractivity contribution in [3.63, 3.8) is 0 Å². The number of methoxy groups -OCH3 is 2. The van der Waals surface area contributed by atoms with Crippen molar-refractivity contribution in [2.24, 2.45) is 0 Å². The van der Waals surface area contributed by atoms with E-state index in [1.54, 1.807) is 14.2 Å². The number of aromatic nitrogens is 2. The van der Waals surface area contributed by atoms with Gasteiger partial charge in [-0.3, -0.25) is 0 Å². The first kappa shape index (κ1) is 13.3. The Kier molecular flexibility index (Phi) is 4.30. The summed E-state index contributed by atoms with van der Waals surface area (Å²) in [6.45, 7) is 0.381. The minimum atomic E-state index is 0.381. The molecule has 0 aliphatic heterocycles. The number of anilines is 1. The molecular weight excluding hydrogens is 242 g/mol. The van der Waals surface area contributed by atoms with Gasteiger partial charge in [0.15, 0.2) is 5.82 Å². The van der Waals surface area contributed by atoms with E-state index >= 15 is 0 Å². The maximum absolute atomic E-state index is 5.23. The van der Waals surface area contributed by atoms with Gasteiger partial charge in [0.05, 0.1) is 12.8 Å². The van der Waals surface area contributed by atoms with Crippen molar-refractivity contribution < 1.29 is 9.47 Å². The molecule has 0 bridgehead atoms. The third kappa shape index (κ3) is 3.20. The van der Waals surface area contributed by atoms with E-state index in [4.69, 9.17) is 9.47 Å². The number of rotatable bonds is 5. The molecule has 1 aromatic carbocycles. The third-order valence-corrected chi connectivity index (χ3v) is 2.67. The third-order valence-electron chi connectivity index (χ3n) is 2.67. The monoisotopic (exact) mass is 259 g/mol. The molecule has 0 radical (unpaired) electrons. The largest absolute Gasteiger partial charge is 0.497 e. The quantitative estimate of drug-likeness (QED) is 0.893. The van der Waals surface area contributed by atoms with Crippen LogP contribution >= 0.6 is 0 Å². The molecule has 1 N–H and O–H groups in total. The molecule has 0 unspecified atom stereocenters. The molecule has 0 amide bonds. The Morgan fingerprint density at radius 3 is 2.68 bits per heavy atom. The molecule has 19 heavy (non-hydrogen) atoms. The van der Waals surface area contributed by atoms with Gasteiger partial charge >= 0.3 is 0 Å². The lowest BCUT2D eigenvalue weighted by Gasteiger charge is -2.08. The minimum absolute atomic E-state index is 0.381. The second kappa shape index (κ2) is 6.15. The highest BCUT2D eigenvalue weighted by molar-refractivity contribution is 5.64. The Balaban J connectivity index is 2.44. The first-order chi connectivity index (χ1) is 9.26. The molecule has 5 nitrogen and oxygen atoms in total. The highest BCUT2D eigenvalue weighted by Gasteiger charge is 2.07. The van der Waals surface area contributed by atoms with E-state index < -0.39 is 0 Å². The van der Waals surface area contributed by atoms with Crippen LogP contribution in [0.1, 0.15) is 5.82 Å². The Bertz CT molecular complexity index is 558. The van der Waals surface area contributed by atoms with Gasteiger partial charge in [-0.05, 0) is 12.1 Å². The van der Waals surface area contributed by atoms with Gasteiger partial charge in [0.25, 0.3) is 0 Å². The summed E-state index contributed by atoms with van der Waals surface area (Å²) in [4.78, 5) is 8.82. The van der Waals surface area contributed by atoms with E-state index in [2.05, 4.69) is 15.3 Å². The first-order valence-electron chi connectivity index (χ1n) is 5.96. The molecule has 0 saturated carbocycles. The van der Waals surface area contributed by atoms with Crippen LogP contribution in [0.25, 0.3) is 11.3 Å². The van der Waals surface area contributed by atoms with Gasteiger partial charge in [0, 0.05) is 25.8 Å². The lowest BCUT2D eigenvalue weighted by molar-refractivity contribution is 0.178. The van der Waals surface area contributed by atoms with E-state index in [0.29, 0.717) is 12.4 Å². The number of benzene rings is 1. The van der Waals surface area contributed by atoms with Gasteiger partial charge in [0.2, 0.25) is 0 Å². The lowest BCUT2D eigenvalue weighted by Crippen LogP contribution is -2.02. The summed E-state index contributed by atoms with van der Waals surface area (Å²) in [5.41, 5.74) is 1.82. The summed E-state index contributed by atoms with van der Waals surface area (Å²) in [7, 11) is 5.10. The molecule has 2 aromatic rings. The van der Waals surface area contributed by atoms with Crippen LogP contribution < -0.4 is 10.1 Å². The van der Waals surface area contributed by atoms with Gasteiger partial charge in [-0.1, -0.05) is 12.1 Å². The standard InChI is InChI=1S/C14H17N3O2/c1-15-13-8-12(16-14(17-13)9-18-2)10-5-4-6-11(7-10)19-3/h4-8H,9H2,1-3H3,(H,15,16,17). The first-order valence-corrected chi connectivity index (χ1v) is 5.96. The van der Waals surface area contributed by atoms with Crippen molar-refractivity contribution in [3.8, 4) is 17.0 Å². The zero-order valence-electron chi connectivity index (χ0n) is 11.3. The van der Waals surface area contributed by atoms with Crippen LogP contribution in [-0.4, -0.2) is 31.2 Å². The second-order valence-corrected chi connectivity index (χ2v) is 3.97. The van der Waals surface area contributed by atoms with Gasteiger partial charge in [0.1, 0.15) is 18.2 Å². The molecule has 0 fully saturated rings. The Labute approximate surface area is 112 Å². The normalized spacial score (nSPS) is 10.3. The number of hydrogen-bond donors (Lipinski definition) is 1. The maximum atomic E-state index is 5.23. The van der Waals surface area contributed by atoms with Gasteiger partial charge < -0.3 is 14.8 Å². The van der Waals surface area contributed by atoms with E-state index in [1.165, 1.54) is 0 Å².